The molecule has 2 fully saturated rings. The Morgan fingerprint density at radius 1 is 1.29 bits per heavy atom. The Balaban J connectivity index is 1.76. The SMILES string of the molecule is CS(=O)(=O)Nc1ccc(Cl)c(NC2CCN3CCC2C3)c1. The van der Waals surface area contributed by atoms with E-state index in [1.807, 2.05) is 0 Å². The second-order valence-electron chi connectivity index (χ2n) is 5.96. The molecular weight excluding hydrogens is 310 g/mol. The van der Waals surface area contributed by atoms with Crippen LogP contribution in [0, 0.1) is 5.92 Å². The molecule has 7 heteroatoms. The molecule has 0 saturated carbocycles. The predicted octanol–water partition coefficient (Wildman–Crippen LogP) is 2.22. The first-order valence-corrected chi connectivity index (χ1v) is 9.44. The molecule has 2 N–H and O–H groups in total. The number of rotatable bonds is 4. The summed E-state index contributed by atoms with van der Waals surface area (Å²) >= 11 is 6.24. The summed E-state index contributed by atoms with van der Waals surface area (Å²) in [6.45, 7) is 3.45. The second kappa shape index (κ2) is 5.66. The Labute approximate surface area is 130 Å². The topological polar surface area (TPSA) is 61.4 Å². The predicted molar refractivity (Wildman–Crippen MR) is 86.5 cm³/mol. The highest BCUT2D eigenvalue weighted by atomic mass is 35.5. The minimum Gasteiger partial charge on any atom is -0.381 e. The third-order valence-electron chi connectivity index (χ3n) is 4.24. The zero-order chi connectivity index (χ0) is 15.0. The molecule has 2 aliphatic rings. The Morgan fingerprint density at radius 2 is 2.05 bits per heavy atom. The number of fused-ring (bicyclic) bond motifs is 2. The van der Waals surface area contributed by atoms with E-state index >= 15 is 0 Å². The van der Waals surface area contributed by atoms with E-state index < -0.39 is 10.0 Å². The zero-order valence-corrected chi connectivity index (χ0v) is 13.5. The van der Waals surface area contributed by atoms with Crippen LogP contribution in [0.3, 0.4) is 0 Å². The Bertz CT molecular complexity index is 635. The number of piperidine rings is 1. The first-order chi connectivity index (χ1) is 9.90. The second-order valence-corrected chi connectivity index (χ2v) is 8.11. The van der Waals surface area contributed by atoms with Gasteiger partial charge in [-0.3, -0.25) is 4.72 Å². The summed E-state index contributed by atoms with van der Waals surface area (Å²) < 4.78 is 25.1. The molecule has 1 aromatic rings. The molecule has 3 unspecified atom stereocenters. The minimum absolute atomic E-state index is 0.412. The number of sulfonamides is 1. The number of hydrogen-bond donors (Lipinski definition) is 2. The van der Waals surface area contributed by atoms with Crippen LogP contribution in [-0.4, -0.2) is 45.2 Å². The van der Waals surface area contributed by atoms with E-state index in [0.29, 0.717) is 22.7 Å². The molecule has 0 aliphatic carbocycles. The van der Waals surface area contributed by atoms with Crippen LogP contribution in [-0.2, 0) is 10.0 Å². The number of hydrogen-bond acceptors (Lipinski definition) is 4. The van der Waals surface area contributed by atoms with Gasteiger partial charge in [0, 0.05) is 19.1 Å². The molecule has 0 amide bonds. The lowest BCUT2D eigenvalue weighted by atomic mass is 9.94. The lowest BCUT2D eigenvalue weighted by Gasteiger charge is -2.32. The lowest BCUT2D eigenvalue weighted by molar-refractivity contribution is 0.255. The Kier molecular flexibility index (Phi) is 4.03. The number of benzene rings is 1. The zero-order valence-electron chi connectivity index (χ0n) is 12.0. The molecule has 2 aliphatic heterocycles. The van der Waals surface area contributed by atoms with Crippen LogP contribution in [0.4, 0.5) is 11.4 Å². The normalized spacial score (nSPS) is 28.4. The Morgan fingerprint density at radius 3 is 2.81 bits per heavy atom. The third-order valence-corrected chi connectivity index (χ3v) is 5.18. The van der Waals surface area contributed by atoms with E-state index in [-0.39, 0.29) is 0 Å². The van der Waals surface area contributed by atoms with E-state index in [4.69, 9.17) is 11.6 Å². The molecule has 3 rings (SSSR count). The Hall–Kier alpha value is -0.980. The molecule has 5 nitrogen and oxygen atoms in total. The average molecular weight is 330 g/mol. The van der Waals surface area contributed by atoms with Gasteiger partial charge in [0.25, 0.3) is 0 Å². The fraction of sp³-hybridized carbons (Fsp3) is 0.571. The summed E-state index contributed by atoms with van der Waals surface area (Å²) in [5, 5.41) is 4.13. The van der Waals surface area contributed by atoms with Gasteiger partial charge in [-0.1, -0.05) is 11.6 Å². The van der Waals surface area contributed by atoms with Crippen molar-refractivity contribution in [3.63, 3.8) is 0 Å². The highest BCUT2D eigenvalue weighted by Gasteiger charge is 2.34. The molecule has 0 spiro atoms. The maximum absolute atomic E-state index is 11.3. The summed E-state index contributed by atoms with van der Waals surface area (Å²) in [4.78, 5) is 2.49. The third kappa shape index (κ3) is 3.62. The van der Waals surface area contributed by atoms with Gasteiger partial charge in [0.2, 0.25) is 10.0 Å². The highest BCUT2D eigenvalue weighted by Crippen LogP contribution is 2.33. The van der Waals surface area contributed by atoms with Crippen molar-refractivity contribution >= 4 is 33.0 Å². The molecule has 2 bridgehead atoms. The molecule has 2 saturated heterocycles. The lowest BCUT2D eigenvalue weighted by Crippen LogP contribution is -2.39. The molecule has 0 radical (unpaired) electrons. The van der Waals surface area contributed by atoms with Gasteiger partial charge < -0.3 is 10.2 Å². The number of nitrogens with zero attached hydrogens (tertiary/aromatic N) is 1. The first-order valence-electron chi connectivity index (χ1n) is 7.17. The van der Waals surface area contributed by atoms with Gasteiger partial charge in [0.05, 0.1) is 22.7 Å². The van der Waals surface area contributed by atoms with Crippen LogP contribution < -0.4 is 10.0 Å². The van der Waals surface area contributed by atoms with Gasteiger partial charge in [0.15, 0.2) is 0 Å². The molecule has 3 atom stereocenters. The van der Waals surface area contributed by atoms with Crippen molar-refractivity contribution in [2.45, 2.75) is 18.9 Å². The van der Waals surface area contributed by atoms with Gasteiger partial charge in [0.1, 0.15) is 0 Å². The monoisotopic (exact) mass is 329 g/mol. The van der Waals surface area contributed by atoms with Crippen molar-refractivity contribution in [2.75, 3.05) is 35.9 Å². The van der Waals surface area contributed by atoms with Crippen molar-refractivity contribution in [1.29, 1.82) is 0 Å². The molecule has 1 aromatic carbocycles. The highest BCUT2D eigenvalue weighted by molar-refractivity contribution is 7.92. The minimum atomic E-state index is -3.28. The van der Waals surface area contributed by atoms with Gasteiger partial charge in [-0.15, -0.1) is 0 Å². The van der Waals surface area contributed by atoms with Crippen LogP contribution >= 0.6 is 11.6 Å². The van der Waals surface area contributed by atoms with Crippen LogP contribution in [0.1, 0.15) is 12.8 Å². The van der Waals surface area contributed by atoms with E-state index in [1.165, 1.54) is 13.0 Å². The average Bonchev–Trinajstić information content (AvgIpc) is 2.78. The fourth-order valence-electron chi connectivity index (χ4n) is 3.25. The number of halogens is 1. The van der Waals surface area contributed by atoms with Crippen LogP contribution in [0.25, 0.3) is 0 Å². The van der Waals surface area contributed by atoms with Crippen LogP contribution in [0.15, 0.2) is 18.2 Å². The maximum Gasteiger partial charge on any atom is 0.229 e. The van der Waals surface area contributed by atoms with E-state index in [9.17, 15) is 8.42 Å². The van der Waals surface area contributed by atoms with Gasteiger partial charge in [-0.2, -0.15) is 0 Å². The van der Waals surface area contributed by atoms with Crippen LogP contribution in [0.5, 0.6) is 0 Å². The number of anilines is 2. The van der Waals surface area contributed by atoms with E-state index in [0.717, 1.165) is 31.5 Å². The molecule has 116 valence electrons. The van der Waals surface area contributed by atoms with Crippen molar-refractivity contribution in [2.24, 2.45) is 5.92 Å². The fourth-order valence-corrected chi connectivity index (χ4v) is 3.98. The molecule has 0 aromatic heterocycles. The van der Waals surface area contributed by atoms with Gasteiger partial charge in [-0.25, -0.2) is 8.42 Å². The van der Waals surface area contributed by atoms with Crippen molar-refractivity contribution in [1.82, 2.24) is 4.90 Å². The quantitative estimate of drug-likeness (QED) is 0.889. The largest absolute Gasteiger partial charge is 0.381 e. The summed E-state index contributed by atoms with van der Waals surface area (Å²) in [5.41, 5.74) is 1.34. The standard InChI is InChI=1S/C14H20ClN3O2S/c1-21(19,20)17-11-2-3-12(15)14(8-11)16-13-5-7-18-6-4-10(13)9-18/h2-3,8,10,13,16-17H,4-7,9H2,1H3. The summed E-state index contributed by atoms with van der Waals surface area (Å²) in [7, 11) is -3.28. The molecule has 2 heterocycles. The number of nitrogens with one attached hydrogen (secondary N) is 2. The van der Waals surface area contributed by atoms with Gasteiger partial charge >= 0.3 is 0 Å². The summed E-state index contributed by atoms with van der Waals surface area (Å²) in [5.74, 6) is 0.654. The van der Waals surface area contributed by atoms with Crippen LogP contribution in [0.2, 0.25) is 5.02 Å². The summed E-state index contributed by atoms with van der Waals surface area (Å²) in [6.07, 6.45) is 3.46. The molecule has 21 heavy (non-hydrogen) atoms. The first kappa shape index (κ1) is 14.9. The van der Waals surface area contributed by atoms with E-state index in [2.05, 4.69) is 14.9 Å². The van der Waals surface area contributed by atoms with Crippen molar-refractivity contribution in [3.8, 4) is 0 Å². The van der Waals surface area contributed by atoms with Gasteiger partial charge in [-0.05, 0) is 43.5 Å². The molecular formula is C14H20ClN3O2S. The summed E-state index contributed by atoms with van der Waals surface area (Å²) in [6, 6.07) is 5.58. The van der Waals surface area contributed by atoms with Crippen molar-refractivity contribution < 1.29 is 8.42 Å². The smallest absolute Gasteiger partial charge is 0.229 e. The maximum atomic E-state index is 11.3. The van der Waals surface area contributed by atoms with E-state index in [1.54, 1.807) is 18.2 Å². The van der Waals surface area contributed by atoms with Crippen molar-refractivity contribution in [3.05, 3.63) is 23.2 Å².